The summed E-state index contributed by atoms with van der Waals surface area (Å²) in [6.07, 6.45) is 1.39. The van der Waals surface area contributed by atoms with E-state index in [1.54, 1.807) is 39.0 Å². The SMILES string of the molecule is CC(C)(C)OC(=O)Cc1cc(-c2ccc(C(=O)O)cc2)c[nH]c1=O. The molecule has 0 aliphatic carbocycles. The number of H-pyrrole nitrogens is 1. The molecule has 0 radical (unpaired) electrons. The van der Waals surface area contributed by atoms with Crippen LogP contribution in [-0.4, -0.2) is 27.6 Å². The molecule has 0 saturated heterocycles. The summed E-state index contributed by atoms with van der Waals surface area (Å²) < 4.78 is 5.23. The van der Waals surface area contributed by atoms with Crippen LogP contribution in [0.1, 0.15) is 36.7 Å². The monoisotopic (exact) mass is 329 g/mol. The number of nitrogens with one attached hydrogen (secondary N) is 1. The minimum atomic E-state index is -1.01. The minimum absolute atomic E-state index is 0.131. The first-order valence-electron chi connectivity index (χ1n) is 7.43. The fraction of sp³-hybridized carbons (Fsp3) is 0.278. The summed E-state index contributed by atoms with van der Waals surface area (Å²) in [7, 11) is 0. The van der Waals surface area contributed by atoms with Gasteiger partial charge in [-0.3, -0.25) is 9.59 Å². The van der Waals surface area contributed by atoms with Crippen molar-refractivity contribution in [2.75, 3.05) is 0 Å². The zero-order chi connectivity index (χ0) is 17.9. The molecular formula is C18H19NO5. The van der Waals surface area contributed by atoms with Gasteiger partial charge in [-0.25, -0.2) is 4.79 Å². The van der Waals surface area contributed by atoms with Gasteiger partial charge >= 0.3 is 11.9 Å². The fourth-order valence-electron chi connectivity index (χ4n) is 2.17. The molecule has 0 aliphatic rings. The molecule has 2 rings (SSSR count). The molecule has 6 nitrogen and oxygen atoms in total. The Bertz CT molecular complexity index is 813. The molecule has 6 heteroatoms. The van der Waals surface area contributed by atoms with Crippen LogP contribution in [0.15, 0.2) is 41.3 Å². The molecule has 0 aliphatic heterocycles. The average Bonchev–Trinajstić information content (AvgIpc) is 2.47. The topological polar surface area (TPSA) is 96.5 Å². The summed E-state index contributed by atoms with van der Waals surface area (Å²) in [5.74, 6) is -1.49. The van der Waals surface area contributed by atoms with Gasteiger partial charge in [-0.15, -0.1) is 0 Å². The molecule has 1 aromatic carbocycles. The van der Waals surface area contributed by atoms with E-state index in [-0.39, 0.29) is 17.5 Å². The van der Waals surface area contributed by atoms with E-state index in [0.717, 1.165) is 5.56 Å². The summed E-state index contributed by atoms with van der Waals surface area (Å²) >= 11 is 0. The second-order valence-electron chi connectivity index (χ2n) is 6.39. The van der Waals surface area contributed by atoms with Crippen LogP contribution in [0, 0.1) is 0 Å². The number of aromatic carboxylic acids is 1. The molecule has 0 atom stereocenters. The van der Waals surface area contributed by atoms with Crippen LogP contribution >= 0.6 is 0 Å². The summed E-state index contributed by atoms with van der Waals surface area (Å²) in [5.41, 5.74) is 0.925. The van der Waals surface area contributed by atoms with Gasteiger partial charge < -0.3 is 14.8 Å². The van der Waals surface area contributed by atoms with Gasteiger partial charge in [0.1, 0.15) is 5.60 Å². The number of rotatable bonds is 4. The number of hydrogen-bond donors (Lipinski definition) is 2. The van der Waals surface area contributed by atoms with E-state index < -0.39 is 17.5 Å². The van der Waals surface area contributed by atoms with Crippen LogP contribution in [0.5, 0.6) is 0 Å². The molecule has 0 fully saturated rings. The zero-order valence-corrected chi connectivity index (χ0v) is 13.8. The predicted molar refractivity (Wildman–Crippen MR) is 89.0 cm³/mol. The number of ether oxygens (including phenoxy) is 1. The van der Waals surface area contributed by atoms with Gasteiger partial charge in [-0.2, -0.15) is 0 Å². The predicted octanol–water partition coefficient (Wildman–Crippen LogP) is 2.62. The lowest BCUT2D eigenvalue weighted by atomic mass is 10.0. The summed E-state index contributed by atoms with van der Waals surface area (Å²) in [6.45, 7) is 5.28. The molecule has 0 unspecified atom stereocenters. The first kappa shape index (κ1) is 17.5. The van der Waals surface area contributed by atoms with Crippen LogP contribution in [0.3, 0.4) is 0 Å². The van der Waals surface area contributed by atoms with Crippen molar-refractivity contribution in [2.24, 2.45) is 0 Å². The molecule has 2 aromatic rings. The summed E-state index contributed by atoms with van der Waals surface area (Å²) in [5, 5.41) is 8.92. The van der Waals surface area contributed by atoms with Crippen molar-refractivity contribution in [3.05, 3.63) is 58.0 Å². The smallest absolute Gasteiger partial charge is 0.335 e. The standard InChI is InChI=1S/C18H19NO5/c1-18(2,3)24-15(20)9-13-8-14(10-19-16(13)21)11-4-6-12(7-5-11)17(22)23/h4-8,10H,9H2,1-3H3,(H,19,21)(H,22,23). The maximum Gasteiger partial charge on any atom is 0.335 e. The number of carboxylic acid groups (broad SMARTS) is 1. The third-order valence-electron chi connectivity index (χ3n) is 3.20. The molecule has 24 heavy (non-hydrogen) atoms. The average molecular weight is 329 g/mol. The van der Waals surface area contributed by atoms with Crippen LogP contribution in [0.25, 0.3) is 11.1 Å². The largest absolute Gasteiger partial charge is 0.478 e. The first-order valence-corrected chi connectivity index (χ1v) is 7.43. The van der Waals surface area contributed by atoms with Crippen LogP contribution < -0.4 is 5.56 Å². The van der Waals surface area contributed by atoms with Crippen molar-refractivity contribution < 1.29 is 19.4 Å². The van der Waals surface area contributed by atoms with E-state index in [4.69, 9.17) is 9.84 Å². The van der Waals surface area contributed by atoms with E-state index in [2.05, 4.69) is 4.98 Å². The van der Waals surface area contributed by atoms with Gasteiger partial charge in [0.25, 0.3) is 5.56 Å². The van der Waals surface area contributed by atoms with Gasteiger partial charge in [-0.1, -0.05) is 12.1 Å². The number of esters is 1. The van der Waals surface area contributed by atoms with Crippen LogP contribution in [0.4, 0.5) is 0 Å². The number of carbonyl (C=O) groups is 2. The lowest BCUT2D eigenvalue weighted by Gasteiger charge is -2.19. The highest BCUT2D eigenvalue weighted by Gasteiger charge is 2.18. The quantitative estimate of drug-likeness (QED) is 0.841. The van der Waals surface area contributed by atoms with E-state index in [9.17, 15) is 14.4 Å². The number of benzene rings is 1. The zero-order valence-electron chi connectivity index (χ0n) is 13.8. The van der Waals surface area contributed by atoms with Gasteiger partial charge in [-0.05, 0) is 50.1 Å². The van der Waals surface area contributed by atoms with Crippen LogP contribution in [0.2, 0.25) is 0 Å². The minimum Gasteiger partial charge on any atom is -0.478 e. The fourth-order valence-corrected chi connectivity index (χ4v) is 2.17. The molecule has 0 saturated carbocycles. The molecule has 126 valence electrons. The molecule has 0 bridgehead atoms. The normalized spacial score (nSPS) is 11.1. The Morgan fingerprint density at radius 1 is 1.12 bits per heavy atom. The summed E-state index contributed by atoms with van der Waals surface area (Å²) in [6, 6.07) is 7.87. The van der Waals surface area contributed by atoms with Crippen molar-refractivity contribution in [1.29, 1.82) is 0 Å². The van der Waals surface area contributed by atoms with Gasteiger partial charge in [0, 0.05) is 11.8 Å². The highest BCUT2D eigenvalue weighted by Crippen LogP contribution is 2.19. The van der Waals surface area contributed by atoms with Crippen molar-refractivity contribution >= 4 is 11.9 Å². The Morgan fingerprint density at radius 3 is 2.29 bits per heavy atom. The second kappa shape index (κ2) is 6.70. The number of carboxylic acids is 1. The third kappa shape index (κ3) is 4.55. The molecule has 1 aromatic heterocycles. The Balaban J connectivity index is 2.26. The van der Waals surface area contributed by atoms with Crippen molar-refractivity contribution in [3.63, 3.8) is 0 Å². The third-order valence-corrected chi connectivity index (χ3v) is 3.20. The molecule has 1 heterocycles. The Kier molecular flexibility index (Phi) is 4.87. The van der Waals surface area contributed by atoms with E-state index >= 15 is 0 Å². The van der Waals surface area contributed by atoms with Crippen molar-refractivity contribution in [3.8, 4) is 11.1 Å². The lowest BCUT2D eigenvalue weighted by Crippen LogP contribution is -2.26. The Hall–Kier alpha value is -2.89. The Labute approximate surface area is 139 Å². The molecule has 2 N–H and O–H groups in total. The first-order chi connectivity index (χ1) is 11.2. The van der Waals surface area contributed by atoms with Gasteiger partial charge in [0.2, 0.25) is 0 Å². The maximum absolute atomic E-state index is 11.9. The molecule has 0 spiro atoms. The molecule has 0 amide bonds. The van der Waals surface area contributed by atoms with E-state index in [1.165, 1.54) is 18.3 Å². The van der Waals surface area contributed by atoms with Crippen LogP contribution in [-0.2, 0) is 16.0 Å². The highest BCUT2D eigenvalue weighted by molar-refractivity contribution is 5.88. The molecular weight excluding hydrogens is 310 g/mol. The number of pyridine rings is 1. The number of carbonyl (C=O) groups excluding carboxylic acids is 1. The van der Waals surface area contributed by atoms with E-state index in [0.29, 0.717) is 11.1 Å². The highest BCUT2D eigenvalue weighted by atomic mass is 16.6. The number of aromatic nitrogens is 1. The Morgan fingerprint density at radius 2 is 1.75 bits per heavy atom. The van der Waals surface area contributed by atoms with Crippen molar-refractivity contribution in [1.82, 2.24) is 4.98 Å². The van der Waals surface area contributed by atoms with Gasteiger partial charge in [0.15, 0.2) is 0 Å². The number of hydrogen-bond acceptors (Lipinski definition) is 4. The lowest BCUT2D eigenvalue weighted by molar-refractivity contribution is -0.153. The van der Waals surface area contributed by atoms with Gasteiger partial charge in [0.05, 0.1) is 12.0 Å². The maximum atomic E-state index is 11.9. The summed E-state index contributed by atoms with van der Waals surface area (Å²) in [4.78, 5) is 37.3. The second-order valence-corrected chi connectivity index (χ2v) is 6.39. The van der Waals surface area contributed by atoms with E-state index in [1.807, 2.05) is 0 Å². The number of aromatic amines is 1. The van der Waals surface area contributed by atoms with Crippen molar-refractivity contribution in [2.45, 2.75) is 32.8 Å².